The van der Waals surface area contributed by atoms with Crippen LogP contribution in [0.5, 0.6) is 0 Å². The van der Waals surface area contributed by atoms with Gasteiger partial charge >= 0.3 is 8.40 Å². The van der Waals surface area contributed by atoms with Crippen molar-refractivity contribution in [3.05, 3.63) is 168 Å². The van der Waals surface area contributed by atoms with E-state index in [0.717, 1.165) is 0 Å². The number of aryl methyl sites for hydroxylation is 4. The Morgan fingerprint density at radius 2 is 0.711 bits per heavy atom. The molecule has 0 unspecified atom stereocenters. The molecule has 0 radical (unpaired) electrons. The Balaban J connectivity index is 1.58. The van der Waals surface area contributed by atoms with E-state index < -0.39 is 8.40 Å². The highest BCUT2D eigenvalue weighted by molar-refractivity contribution is 7.10. The Labute approximate surface area is 267 Å². The molecule has 3 heteroatoms. The fourth-order valence-electron chi connectivity index (χ4n) is 7.60. The van der Waals surface area contributed by atoms with Gasteiger partial charge in [-0.2, -0.15) is 0 Å². The van der Waals surface area contributed by atoms with Crippen LogP contribution in [-0.4, -0.2) is 8.40 Å². The van der Waals surface area contributed by atoms with Gasteiger partial charge in [0.05, 0.1) is 11.4 Å². The van der Waals surface area contributed by atoms with Gasteiger partial charge in [-0.15, -0.1) is 0 Å². The minimum Gasteiger partial charge on any atom is -0.341 e. The first-order valence-corrected chi connectivity index (χ1v) is 17.7. The molecule has 218 valence electrons. The molecule has 0 amide bonds. The van der Waals surface area contributed by atoms with Gasteiger partial charge < -0.3 is 9.13 Å². The summed E-state index contributed by atoms with van der Waals surface area (Å²) in [5, 5.41) is 7.75. The number of anilines is 4. The van der Waals surface area contributed by atoms with Crippen LogP contribution in [0.3, 0.4) is 0 Å². The van der Waals surface area contributed by atoms with Crippen molar-refractivity contribution in [2.45, 2.75) is 27.7 Å². The molecule has 2 nitrogen and oxygen atoms in total. The third-order valence-electron chi connectivity index (χ3n) is 9.24. The number of para-hydroxylation sites is 2. The van der Waals surface area contributed by atoms with Gasteiger partial charge in [-0.05, 0) is 118 Å². The van der Waals surface area contributed by atoms with Crippen molar-refractivity contribution in [1.29, 1.82) is 0 Å². The maximum absolute atomic E-state index is 3.09. The van der Waals surface area contributed by atoms with E-state index in [9.17, 15) is 0 Å². The monoisotopic (exact) mass is 596 g/mol. The van der Waals surface area contributed by atoms with Crippen molar-refractivity contribution in [2.75, 3.05) is 9.13 Å². The zero-order chi connectivity index (χ0) is 30.7. The average Bonchev–Trinajstić information content (AvgIpc) is 3.35. The van der Waals surface area contributed by atoms with E-state index in [4.69, 9.17) is 0 Å². The van der Waals surface area contributed by atoms with Crippen LogP contribution >= 0.6 is 0 Å². The van der Waals surface area contributed by atoms with Crippen molar-refractivity contribution in [1.82, 2.24) is 0 Å². The molecule has 0 bridgehead atoms. The Morgan fingerprint density at radius 3 is 1.11 bits per heavy atom. The van der Waals surface area contributed by atoms with Gasteiger partial charge in [0.15, 0.2) is 0 Å². The summed E-state index contributed by atoms with van der Waals surface area (Å²) in [6.07, 6.45) is 0. The van der Waals surface area contributed by atoms with Crippen LogP contribution in [0.2, 0.25) is 0 Å². The molecule has 7 aromatic rings. The molecule has 1 aliphatic heterocycles. The van der Waals surface area contributed by atoms with Gasteiger partial charge in [0, 0.05) is 11.4 Å². The van der Waals surface area contributed by atoms with Gasteiger partial charge in [0.2, 0.25) is 0 Å². The molecule has 8 rings (SSSR count). The molecule has 0 N–H and O–H groups in total. The molecule has 7 aromatic carbocycles. The standard InChI is InChI=1S/C42H36N2Si/c1-29-21-30(2)24-37(23-29)43-41-15-9-10-16-42(41)44(38-25-31(3)22-32(4)26-38)45(43,39-19-17-33-11-5-7-13-35(33)27-39)40-20-18-34-12-6-8-14-36(34)28-40/h5-28H,1-4H3. The van der Waals surface area contributed by atoms with Crippen molar-refractivity contribution in [2.24, 2.45) is 0 Å². The van der Waals surface area contributed by atoms with E-state index >= 15 is 0 Å². The fraction of sp³-hybridized carbons (Fsp3) is 0.0952. The number of hydrogen-bond acceptors (Lipinski definition) is 2. The number of rotatable bonds is 4. The van der Waals surface area contributed by atoms with E-state index in [1.54, 1.807) is 0 Å². The predicted molar refractivity (Wildman–Crippen MR) is 195 cm³/mol. The molecule has 0 aromatic heterocycles. The first kappa shape index (κ1) is 27.4. The number of benzene rings is 7. The Hall–Kier alpha value is -5.12. The van der Waals surface area contributed by atoms with E-state index in [2.05, 4.69) is 182 Å². The molecule has 0 saturated carbocycles. The lowest BCUT2D eigenvalue weighted by molar-refractivity contribution is 1.30. The quantitative estimate of drug-likeness (QED) is 0.187. The second-order valence-corrected chi connectivity index (χ2v) is 16.0. The highest BCUT2D eigenvalue weighted by atomic mass is 28.3. The predicted octanol–water partition coefficient (Wildman–Crippen LogP) is 9.77. The van der Waals surface area contributed by atoms with Crippen LogP contribution in [0.25, 0.3) is 21.5 Å². The smallest absolute Gasteiger partial charge is 0.340 e. The van der Waals surface area contributed by atoms with Gasteiger partial charge in [-0.3, -0.25) is 0 Å². The first-order chi connectivity index (χ1) is 21.9. The minimum absolute atomic E-state index is 1.24. The van der Waals surface area contributed by atoms with Crippen molar-refractivity contribution < 1.29 is 0 Å². The molecule has 0 atom stereocenters. The van der Waals surface area contributed by atoms with Gasteiger partial charge in [-0.25, -0.2) is 0 Å². The van der Waals surface area contributed by atoms with Crippen molar-refractivity contribution in [3.63, 3.8) is 0 Å². The summed E-state index contributed by atoms with van der Waals surface area (Å²) in [5.74, 6) is 0. The first-order valence-electron chi connectivity index (χ1n) is 15.8. The van der Waals surface area contributed by atoms with Crippen LogP contribution in [-0.2, 0) is 0 Å². The summed E-state index contributed by atoms with van der Waals surface area (Å²) < 4.78 is 5.46. The zero-order valence-corrected chi connectivity index (χ0v) is 27.3. The molecule has 0 aliphatic carbocycles. The third kappa shape index (κ3) is 4.38. The molecule has 1 aliphatic rings. The summed E-state index contributed by atoms with van der Waals surface area (Å²) in [5.41, 5.74) is 10.0. The van der Waals surface area contributed by atoms with Gasteiger partial charge in [-0.1, -0.05) is 109 Å². The topological polar surface area (TPSA) is 6.48 Å². The van der Waals surface area contributed by atoms with E-state index in [1.165, 1.54) is 76.9 Å². The molecule has 45 heavy (non-hydrogen) atoms. The highest BCUT2D eigenvalue weighted by Gasteiger charge is 2.57. The molecule has 1 heterocycles. The second kappa shape index (κ2) is 10.5. The second-order valence-electron chi connectivity index (χ2n) is 12.6. The maximum Gasteiger partial charge on any atom is 0.340 e. The lowest BCUT2D eigenvalue weighted by Gasteiger charge is -2.44. The van der Waals surface area contributed by atoms with Crippen LogP contribution in [0.15, 0.2) is 146 Å². The lowest BCUT2D eigenvalue weighted by atomic mass is 10.1. The SMILES string of the molecule is Cc1cc(C)cc(N2c3ccccc3N(c3cc(C)cc(C)c3)[Si]2(c2ccc3ccccc3c2)c2ccc3ccccc3c2)c1. The normalized spacial score (nSPS) is 13.9. The largest absolute Gasteiger partial charge is 0.341 e. The molecular formula is C42H36N2Si. The third-order valence-corrected chi connectivity index (χ3v) is 13.8. The summed E-state index contributed by atoms with van der Waals surface area (Å²) in [6, 6.07) is 55.0. The van der Waals surface area contributed by atoms with Gasteiger partial charge in [0.1, 0.15) is 0 Å². The van der Waals surface area contributed by atoms with E-state index in [1.807, 2.05) is 0 Å². The number of nitrogens with zero attached hydrogens (tertiary/aromatic N) is 2. The van der Waals surface area contributed by atoms with Crippen LogP contribution in [0.1, 0.15) is 22.3 Å². The highest BCUT2D eigenvalue weighted by Crippen LogP contribution is 2.51. The summed E-state index contributed by atoms with van der Waals surface area (Å²) >= 11 is 0. The minimum atomic E-state index is -3.09. The average molecular weight is 597 g/mol. The van der Waals surface area contributed by atoms with Gasteiger partial charge in [0.25, 0.3) is 0 Å². The van der Waals surface area contributed by atoms with Crippen LogP contribution in [0, 0.1) is 27.7 Å². The molecule has 0 fully saturated rings. The van der Waals surface area contributed by atoms with E-state index in [0.29, 0.717) is 0 Å². The fourth-order valence-corrected chi connectivity index (χ4v) is 12.6. The zero-order valence-electron chi connectivity index (χ0n) is 26.3. The number of fused-ring (bicyclic) bond motifs is 3. The summed E-state index contributed by atoms with van der Waals surface area (Å²) in [6.45, 7) is 8.87. The summed E-state index contributed by atoms with van der Waals surface area (Å²) in [7, 11) is -3.09. The van der Waals surface area contributed by atoms with Crippen LogP contribution < -0.4 is 19.5 Å². The number of hydrogen-bond donors (Lipinski definition) is 0. The van der Waals surface area contributed by atoms with Crippen LogP contribution in [0.4, 0.5) is 22.7 Å². The Morgan fingerprint density at radius 1 is 0.356 bits per heavy atom. The van der Waals surface area contributed by atoms with E-state index in [-0.39, 0.29) is 0 Å². The van der Waals surface area contributed by atoms with Crippen molar-refractivity contribution in [3.8, 4) is 0 Å². The van der Waals surface area contributed by atoms with Crippen molar-refractivity contribution >= 4 is 63.1 Å². The molecule has 0 spiro atoms. The Bertz CT molecular complexity index is 2050. The Kier molecular flexibility index (Phi) is 6.40. The lowest BCUT2D eigenvalue weighted by Crippen LogP contribution is -2.75. The molecular weight excluding hydrogens is 561 g/mol. The maximum atomic E-state index is 2.73. The molecule has 0 saturated heterocycles. The summed E-state index contributed by atoms with van der Waals surface area (Å²) in [4.78, 5) is 0.